The van der Waals surface area contributed by atoms with Crippen LogP contribution in [0, 0.1) is 0 Å². The van der Waals surface area contributed by atoms with Crippen LogP contribution in [0.2, 0.25) is 0 Å². The number of halogens is 3. The maximum absolute atomic E-state index is 14.1. The van der Waals surface area contributed by atoms with E-state index < -0.39 is 28.5 Å². The number of nitrogens with zero attached hydrogens (tertiary/aromatic N) is 1. The van der Waals surface area contributed by atoms with E-state index in [0.29, 0.717) is 23.6 Å². The molecule has 2 atom stereocenters. The third-order valence-corrected chi connectivity index (χ3v) is 9.33. The number of ether oxygens (including phenoxy) is 3. The van der Waals surface area contributed by atoms with Gasteiger partial charge in [-0.15, -0.1) is 24.9 Å². The molecule has 3 amide bonds. The van der Waals surface area contributed by atoms with Gasteiger partial charge in [-0.2, -0.15) is 0 Å². The van der Waals surface area contributed by atoms with E-state index in [-0.39, 0.29) is 43.2 Å². The number of thioether (sulfide) groups is 1. The number of amides is 3. The molecule has 0 unspecified atom stereocenters. The molecule has 0 radical (unpaired) electrons. The fraction of sp³-hybridized carbons (Fsp3) is 0.250. The summed E-state index contributed by atoms with van der Waals surface area (Å²) in [7, 11) is 0. The number of carbonyl (C=O) groups excluding carboxylic acids is 3. The van der Waals surface area contributed by atoms with Crippen molar-refractivity contribution in [3.8, 4) is 11.5 Å². The minimum absolute atomic E-state index is 0.0792. The summed E-state index contributed by atoms with van der Waals surface area (Å²) in [6.45, 7) is 2.21. The van der Waals surface area contributed by atoms with E-state index in [4.69, 9.17) is 15.2 Å². The van der Waals surface area contributed by atoms with E-state index in [0.717, 1.165) is 11.1 Å². The SMILES string of the molecule is C[C@]1(CCOC(=O)NCCc2cccc(OC(F)(F)F)c2)S[C@@H](c2ccc(OCc3ccccc3)cc2)N(c2cccc(C(N)=O)c2)C1=O. The molecule has 4 aromatic carbocycles. The molecular weight excluding hydrogens is 659 g/mol. The zero-order valence-corrected chi connectivity index (χ0v) is 27.3. The second-order valence-electron chi connectivity index (χ2n) is 11.4. The molecule has 0 aliphatic carbocycles. The molecule has 49 heavy (non-hydrogen) atoms. The van der Waals surface area contributed by atoms with Gasteiger partial charge in [0.25, 0.3) is 0 Å². The molecule has 1 fully saturated rings. The number of primary amides is 1. The summed E-state index contributed by atoms with van der Waals surface area (Å²) >= 11 is 1.40. The molecule has 1 saturated heterocycles. The number of alkyl halides is 3. The zero-order valence-electron chi connectivity index (χ0n) is 26.4. The average molecular weight is 694 g/mol. The molecule has 0 spiro atoms. The third-order valence-electron chi connectivity index (χ3n) is 7.73. The molecule has 5 rings (SSSR count). The molecule has 0 aromatic heterocycles. The maximum Gasteiger partial charge on any atom is 0.573 e. The summed E-state index contributed by atoms with van der Waals surface area (Å²) in [5.41, 5.74) is 8.66. The molecule has 3 N–H and O–H groups in total. The molecule has 9 nitrogen and oxygen atoms in total. The van der Waals surface area contributed by atoms with Crippen molar-refractivity contribution in [3.05, 3.63) is 125 Å². The highest BCUT2D eigenvalue weighted by molar-refractivity contribution is 8.02. The highest BCUT2D eigenvalue weighted by atomic mass is 32.2. The number of benzene rings is 4. The molecule has 4 aromatic rings. The molecule has 1 aliphatic heterocycles. The number of hydrogen-bond acceptors (Lipinski definition) is 7. The van der Waals surface area contributed by atoms with Crippen LogP contribution in [0.25, 0.3) is 0 Å². The summed E-state index contributed by atoms with van der Waals surface area (Å²) in [5.74, 6) is -0.546. The lowest BCUT2D eigenvalue weighted by Crippen LogP contribution is -2.38. The Kier molecular flexibility index (Phi) is 11.0. The van der Waals surface area contributed by atoms with E-state index in [1.165, 1.54) is 30.0 Å². The van der Waals surface area contributed by atoms with Gasteiger partial charge in [-0.3, -0.25) is 14.5 Å². The van der Waals surface area contributed by atoms with Crippen molar-refractivity contribution in [1.82, 2.24) is 5.32 Å². The monoisotopic (exact) mass is 693 g/mol. The molecule has 1 aliphatic rings. The van der Waals surface area contributed by atoms with Crippen LogP contribution < -0.4 is 25.4 Å². The molecule has 0 saturated carbocycles. The van der Waals surface area contributed by atoms with E-state index in [1.54, 1.807) is 42.2 Å². The number of hydrogen-bond donors (Lipinski definition) is 2. The molecule has 256 valence electrons. The Hall–Kier alpha value is -5.17. The average Bonchev–Trinajstić information content (AvgIpc) is 3.33. The van der Waals surface area contributed by atoms with Crippen LogP contribution in [-0.2, 0) is 22.6 Å². The van der Waals surface area contributed by atoms with E-state index in [1.807, 2.05) is 54.6 Å². The summed E-state index contributed by atoms with van der Waals surface area (Å²) < 4.78 is 51.8. The van der Waals surface area contributed by atoms with Crippen LogP contribution in [0.3, 0.4) is 0 Å². The molecule has 1 heterocycles. The normalized spacial score (nSPS) is 17.4. The Bertz CT molecular complexity index is 1770. The predicted molar refractivity (Wildman–Crippen MR) is 179 cm³/mol. The van der Waals surface area contributed by atoms with Crippen LogP contribution in [0.4, 0.5) is 23.7 Å². The van der Waals surface area contributed by atoms with Gasteiger partial charge in [-0.05, 0) is 72.5 Å². The van der Waals surface area contributed by atoms with Crippen LogP contribution in [0.5, 0.6) is 11.5 Å². The first-order valence-corrected chi connectivity index (χ1v) is 16.2. The summed E-state index contributed by atoms with van der Waals surface area (Å²) in [6, 6.07) is 29.2. The van der Waals surface area contributed by atoms with Crippen molar-refractivity contribution in [2.45, 2.75) is 42.9 Å². The minimum Gasteiger partial charge on any atom is -0.489 e. The quantitative estimate of drug-likeness (QED) is 0.153. The van der Waals surface area contributed by atoms with Gasteiger partial charge in [0.15, 0.2) is 0 Å². The van der Waals surface area contributed by atoms with E-state index in [2.05, 4.69) is 10.1 Å². The number of rotatable bonds is 13. The zero-order chi connectivity index (χ0) is 35.0. The summed E-state index contributed by atoms with van der Waals surface area (Å²) in [5, 5.41) is 2.10. The van der Waals surface area contributed by atoms with Gasteiger partial charge in [-0.1, -0.05) is 60.7 Å². The molecule has 0 bridgehead atoms. The second-order valence-corrected chi connectivity index (χ2v) is 13.0. The van der Waals surface area contributed by atoms with Gasteiger partial charge in [-0.25, -0.2) is 4.79 Å². The lowest BCUT2D eigenvalue weighted by Gasteiger charge is -2.25. The van der Waals surface area contributed by atoms with Gasteiger partial charge >= 0.3 is 12.5 Å². The van der Waals surface area contributed by atoms with Crippen molar-refractivity contribution in [3.63, 3.8) is 0 Å². The third kappa shape index (κ3) is 9.47. The van der Waals surface area contributed by atoms with Crippen molar-refractivity contribution in [2.24, 2.45) is 5.73 Å². The highest BCUT2D eigenvalue weighted by Crippen LogP contribution is 2.52. The van der Waals surface area contributed by atoms with Crippen LogP contribution in [0.15, 0.2) is 103 Å². The largest absolute Gasteiger partial charge is 0.573 e. The number of carbonyl (C=O) groups is 3. The smallest absolute Gasteiger partial charge is 0.489 e. The van der Waals surface area contributed by atoms with Gasteiger partial charge in [0.1, 0.15) is 23.5 Å². The van der Waals surface area contributed by atoms with Crippen molar-refractivity contribution >= 4 is 35.4 Å². The van der Waals surface area contributed by atoms with Gasteiger partial charge in [0, 0.05) is 24.2 Å². The highest BCUT2D eigenvalue weighted by Gasteiger charge is 2.50. The lowest BCUT2D eigenvalue weighted by atomic mass is 10.0. The van der Waals surface area contributed by atoms with Crippen molar-refractivity contribution in [1.29, 1.82) is 0 Å². The van der Waals surface area contributed by atoms with Crippen molar-refractivity contribution in [2.75, 3.05) is 18.1 Å². The van der Waals surface area contributed by atoms with Crippen molar-refractivity contribution < 1.29 is 41.8 Å². The lowest BCUT2D eigenvalue weighted by molar-refractivity contribution is -0.274. The Morgan fingerprint density at radius 1 is 0.918 bits per heavy atom. The first kappa shape index (κ1) is 35.1. The first-order valence-electron chi connectivity index (χ1n) is 15.3. The number of alkyl carbamates (subject to hydrolysis) is 1. The minimum atomic E-state index is -4.80. The Labute approximate surface area is 285 Å². The topological polar surface area (TPSA) is 120 Å². The Morgan fingerprint density at radius 2 is 1.63 bits per heavy atom. The standard InChI is InChI=1S/C36H34F3N3O6S/c1-35(18-20-46-34(45)41-19-17-24-9-5-12-30(21-24)48-36(37,38)39)33(44)42(28-11-6-10-27(22-28)31(40)43)32(49-35)26-13-15-29(16-14-26)47-23-25-7-3-2-4-8-25/h2-16,21-22,32H,17-20,23H2,1H3,(H2,40,43)(H,41,45)/t32-,35+/m0/s1. The van der Waals surface area contributed by atoms with Gasteiger partial charge in [0.2, 0.25) is 11.8 Å². The van der Waals surface area contributed by atoms with Crippen LogP contribution in [0.1, 0.15) is 45.8 Å². The molecule has 13 heteroatoms. The van der Waals surface area contributed by atoms with E-state index >= 15 is 0 Å². The second kappa shape index (κ2) is 15.4. The Morgan fingerprint density at radius 3 is 2.35 bits per heavy atom. The predicted octanol–water partition coefficient (Wildman–Crippen LogP) is 7.16. The summed E-state index contributed by atoms with van der Waals surface area (Å²) in [4.78, 5) is 40.1. The maximum atomic E-state index is 14.1. The number of nitrogens with one attached hydrogen (secondary N) is 1. The van der Waals surface area contributed by atoms with Crippen LogP contribution >= 0.6 is 11.8 Å². The fourth-order valence-corrected chi connectivity index (χ4v) is 6.73. The van der Waals surface area contributed by atoms with Gasteiger partial charge < -0.3 is 25.3 Å². The van der Waals surface area contributed by atoms with Crippen LogP contribution in [-0.4, -0.2) is 42.2 Å². The van der Waals surface area contributed by atoms with E-state index in [9.17, 15) is 27.6 Å². The number of nitrogens with two attached hydrogens (primary N) is 1. The molecular formula is C36H34F3N3O6S. The summed E-state index contributed by atoms with van der Waals surface area (Å²) in [6.07, 6.45) is -5.10. The van der Waals surface area contributed by atoms with Gasteiger partial charge in [0.05, 0.1) is 11.4 Å². The first-order chi connectivity index (χ1) is 23.4. The number of anilines is 1. The Balaban J connectivity index is 1.22. The fourth-order valence-electron chi connectivity index (χ4n) is 5.22.